The van der Waals surface area contributed by atoms with Crippen LogP contribution in [0.5, 0.6) is 0 Å². The first-order valence-corrected chi connectivity index (χ1v) is 10.2. The Morgan fingerprint density at radius 3 is 2.32 bits per heavy atom. The van der Waals surface area contributed by atoms with Gasteiger partial charge in [0.05, 0.1) is 13.2 Å². The van der Waals surface area contributed by atoms with E-state index in [1.165, 1.54) is 0 Å². The molecule has 0 unspecified atom stereocenters. The van der Waals surface area contributed by atoms with Gasteiger partial charge in [-0.05, 0) is 69.4 Å². The molecule has 2 aromatic rings. The van der Waals surface area contributed by atoms with Gasteiger partial charge in [0.15, 0.2) is 0 Å². The second kappa shape index (κ2) is 8.47. The van der Waals surface area contributed by atoms with Crippen molar-refractivity contribution in [2.75, 3.05) is 53.0 Å². The number of nitrogens with one attached hydrogen (secondary N) is 1. The third-order valence-electron chi connectivity index (χ3n) is 6.21. The molecule has 1 N–H and O–H groups in total. The molecular weight excluding hydrogens is 352 g/mol. The molecule has 2 aliphatic heterocycles. The molecule has 0 atom stereocenters. The lowest BCUT2D eigenvalue weighted by Crippen LogP contribution is -2.62. The van der Waals surface area contributed by atoms with Crippen molar-refractivity contribution >= 4 is 5.91 Å². The van der Waals surface area contributed by atoms with E-state index in [1.807, 2.05) is 53.4 Å². The Balaban J connectivity index is 1.42. The molecule has 0 saturated carbocycles. The first kappa shape index (κ1) is 19.2. The summed E-state index contributed by atoms with van der Waals surface area (Å²) in [5, 5.41) is 3.23. The fraction of sp³-hybridized carbons (Fsp3) is 0.500. The normalized spacial score (nSPS) is 20.8. The van der Waals surface area contributed by atoms with Crippen LogP contribution in [0.1, 0.15) is 23.2 Å². The van der Waals surface area contributed by atoms with E-state index in [1.54, 1.807) is 0 Å². The molecular formula is C22H30N4O2. The number of ether oxygens (including phenoxy) is 1. The zero-order valence-electron chi connectivity index (χ0n) is 16.6. The maximum Gasteiger partial charge on any atom is 0.251 e. The molecule has 150 valence electrons. The van der Waals surface area contributed by atoms with Gasteiger partial charge in [0.25, 0.3) is 5.91 Å². The number of aromatic nitrogens is 1. The van der Waals surface area contributed by atoms with Crippen molar-refractivity contribution in [2.24, 2.45) is 0 Å². The highest BCUT2D eigenvalue weighted by Gasteiger charge is 2.40. The summed E-state index contributed by atoms with van der Waals surface area (Å²) >= 11 is 0. The third kappa shape index (κ3) is 4.14. The molecule has 1 amide bonds. The van der Waals surface area contributed by atoms with Gasteiger partial charge in [-0.1, -0.05) is 0 Å². The van der Waals surface area contributed by atoms with Crippen LogP contribution in [0.15, 0.2) is 48.8 Å². The first-order valence-electron chi connectivity index (χ1n) is 10.2. The van der Waals surface area contributed by atoms with E-state index in [9.17, 15) is 4.79 Å². The standard InChI is InChI=1S/C22H30N4O2/c1-24-12-8-22(9-13-24,26-14-16-28-17-15-26)18-23-21(27)19-4-6-20(7-5-19)25-10-2-3-11-25/h2-7,10-11H,8-9,12-18H2,1H3,(H,23,27). The van der Waals surface area contributed by atoms with Gasteiger partial charge in [-0.25, -0.2) is 0 Å². The molecule has 1 aromatic heterocycles. The average molecular weight is 383 g/mol. The maximum atomic E-state index is 12.8. The largest absolute Gasteiger partial charge is 0.379 e. The van der Waals surface area contributed by atoms with Gasteiger partial charge in [-0.3, -0.25) is 9.69 Å². The topological polar surface area (TPSA) is 49.7 Å². The fourth-order valence-corrected chi connectivity index (χ4v) is 4.32. The van der Waals surface area contributed by atoms with E-state index >= 15 is 0 Å². The third-order valence-corrected chi connectivity index (χ3v) is 6.21. The van der Waals surface area contributed by atoms with Crippen LogP contribution in [0.25, 0.3) is 5.69 Å². The summed E-state index contributed by atoms with van der Waals surface area (Å²) in [4.78, 5) is 17.7. The number of hydrogen-bond donors (Lipinski definition) is 1. The molecule has 0 bridgehead atoms. The number of likely N-dealkylation sites (tertiary alicyclic amines) is 1. The van der Waals surface area contributed by atoms with Crippen LogP contribution < -0.4 is 5.32 Å². The fourth-order valence-electron chi connectivity index (χ4n) is 4.32. The number of nitrogens with zero attached hydrogens (tertiary/aromatic N) is 3. The zero-order chi connectivity index (χ0) is 19.4. The van der Waals surface area contributed by atoms with Crippen molar-refractivity contribution in [3.8, 4) is 5.69 Å². The second-order valence-corrected chi connectivity index (χ2v) is 7.95. The van der Waals surface area contributed by atoms with Crippen molar-refractivity contribution in [3.63, 3.8) is 0 Å². The lowest BCUT2D eigenvalue weighted by Gasteiger charge is -2.49. The van der Waals surface area contributed by atoms with E-state index < -0.39 is 0 Å². The highest BCUT2D eigenvalue weighted by atomic mass is 16.5. The number of piperidine rings is 1. The summed E-state index contributed by atoms with van der Waals surface area (Å²) in [6.45, 7) is 6.30. The molecule has 0 radical (unpaired) electrons. The monoisotopic (exact) mass is 382 g/mol. The van der Waals surface area contributed by atoms with E-state index in [-0.39, 0.29) is 11.4 Å². The smallest absolute Gasteiger partial charge is 0.251 e. The molecule has 4 rings (SSSR count). The van der Waals surface area contributed by atoms with Crippen molar-refractivity contribution < 1.29 is 9.53 Å². The van der Waals surface area contributed by atoms with Gasteiger partial charge in [-0.15, -0.1) is 0 Å². The molecule has 28 heavy (non-hydrogen) atoms. The van der Waals surface area contributed by atoms with Crippen molar-refractivity contribution in [1.82, 2.24) is 19.7 Å². The quantitative estimate of drug-likeness (QED) is 0.859. The Labute approximate surface area is 167 Å². The molecule has 6 nitrogen and oxygen atoms in total. The minimum absolute atomic E-state index is 0.00520. The zero-order valence-corrected chi connectivity index (χ0v) is 16.6. The number of hydrogen-bond acceptors (Lipinski definition) is 4. The van der Waals surface area contributed by atoms with Gasteiger partial charge < -0.3 is 19.5 Å². The number of carbonyl (C=O) groups is 1. The molecule has 0 aliphatic carbocycles. The Hall–Kier alpha value is -2.15. The van der Waals surface area contributed by atoms with E-state index in [2.05, 4.69) is 22.2 Å². The molecule has 2 fully saturated rings. The summed E-state index contributed by atoms with van der Waals surface area (Å²) in [5.74, 6) is 0.00520. The van der Waals surface area contributed by atoms with Gasteiger partial charge >= 0.3 is 0 Å². The van der Waals surface area contributed by atoms with Crippen LogP contribution in [-0.2, 0) is 4.74 Å². The molecule has 3 heterocycles. The lowest BCUT2D eigenvalue weighted by atomic mass is 9.85. The second-order valence-electron chi connectivity index (χ2n) is 7.95. The number of benzene rings is 1. The van der Waals surface area contributed by atoms with E-state index in [0.29, 0.717) is 12.1 Å². The molecule has 2 aliphatic rings. The van der Waals surface area contributed by atoms with Gasteiger partial charge in [0.2, 0.25) is 0 Å². The van der Waals surface area contributed by atoms with Gasteiger partial charge in [-0.2, -0.15) is 0 Å². The van der Waals surface area contributed by atoms with Gasteiger partial charge in [0, 0.05) is 48.8 Å². The van der Waals surface area contributed by atoms with Crippen LogP contribution in [0.4, 0.5) is 0 Å². The summed E-state index contributed by atoms with van der Waals surface area (Å²) in [7, 11) is 2.17. The minimum Gasteiger partial charge on any atom is -0.379 e. The summed E-state index contributed by atoms with van der Waals surface area (Å²) < 4.78 is 7.59. The van der Waals surface area contributed by atoms with Crippen LogP contribution in [-0.4, -0.2) is 78.8 Å². The van der Waals surface area contributed by atoms with Crippen molar-refractivity contribution in [2.45, 2.75) is 18.4 Å². The molecule has 1 aromatic carbocycles. The molecule has 6 heteroatoms. The molecule has 2 saturated heterocycles. The molecule has 0 spiro atoms. The van der Waals surface area contributed by atoms with Crippen molar-refractivity contribution in [1.29, 1.82) is 0 Å². The van der Waals surface area contributed by atoms with Crippen molar-refractivity contribution in [3.05, 3.63) is 54.4 Å². The predicted molar refractivity (Wildman–Crippen MR) is 110 cm³/mol. The number of rotatable bonds is 5. The number of morpholine rings is 1. The van der Waals surface area contributed by atoms with Crippen LogP contribution in [0.2, 0.25) is 0 Å². The highest BCUT2D eigenvalue weighted by molar-refractivity contribution is 5.94. The number of amides is 1. The van der Waals surface area contributed by atoms with Gasteiger partial charge in [0.1, 0.15) is 0 Å². The van der Waals surface area contributed by atoms with E-state index in [4.69, 9.17) is 4.74 Å². The average Bonchev–Trinajstić information content (AvgIpc) is 3.29. The summed E-state index contributed by atoms with van der Waals surface area (Å²) in [5.41, 5.74) is 1.81. The van der Waals surface area contributed by atoms with E-state index in [0.717, 1.165) is 57.9 Å². The Morgan fingerprint density at radius 1 is 1.04 bits per heavy atom. The maximum absolute atomic E-state index is 12.8. The highest BCUT2D eigenvalue weighted by Crippen LogP contribution is 2.29. The lowest BCUT2D eigenvalue weighted by molar-refractivity contribution is -0.0439. The first-order chi connectivity index (χ1) is 13.7. The Morgan fingerprint density at radius 2 is 1.68 bits per heavy atom. The summed E-state index contributed by atoms with van der Waals surface area (Å²) in [6.07, 6.45) is 6.16. The van der Waals surface area contributed by atoms with Crippen LogP contribution in [0, 0.1) is 0 Å². The predicted octanol–water partition coefficient (Wildman–Crippen LogP) is 2.00. The number of carbonyl (C=O) groups excluding carboxylic acids is 1. The van der Waals surface area contributed by atoms with Crippen LogP contribution >= 0.6 is 0 Å². The Kier molecular flexibility index (Phi) is 5.80. The van der Waals surface area contributed by atoms with Crippen LogP contribution in [0.3, 0.4) is 0 Å². The Bertz CT molecular complexity index is 758. The summed E-state index contributed by atoms with van der Waals surface area (Å²) in [6, 6.07) is 11.8. The SMILES string of the molecule is CN1CCC(CNC(=O)c2ccc(-n3cccc3)cc2)(N2CCOCC2)CC1. The minimum atomic E-state index is 0.00520.